The molecule has 0 saturated heterocycles. The number of amides is 1. The van der Waals surface area contributed by atoms with E-state index in [-0.39, 0.29) is 28.9 Å². The number of nitrogens with one attached hydrogen (secondary N) is 1. The van der Waals surface area contributed by atoms with Crippen LogP contribution in [0, 0.1) is 0 Å². The van der Waals surface area contributed by atoms with Crippen molar-refractivity contribution in [3.05, 3.63) is 64.8 Å². The fraction of sp³-hybridized carbons (Fsp3) is 0.375. The number of halogens is 1. The standard InChI is InChI=1S/C24H29ClN4O5S/c1-5-29(35(31,32)19-11-12-21(33-6-2)20(25)14-19)15-23(30)26-18-9-7-17(8-10-18)13-22-27-24(16(3)4)34-28-22/h7-12,14,16H,5-6,13,15H2,1-4H3,(H,26,30). The highest BCUT2D eigenvalue weighted by atomic mass is 35.5. The molecule has 1 N–H and O–H groups in total. The Balaban J connectivity index is 1.63. The van der Waals surface area contributed by atoms with E-state index in [0.717, 1.165) is 9.87 Å². The summed E-state index contributed by atoms with van der Waals surface area (Å²) < 4.78 is 37.8. The Morgan fingerprint density at radius 2 is 1.89 bits per heavy atom. The number of hydrogen-bond acceptors (Lipinski definition) is 7. The maximum Gasteiger partial charge on any atom is 0.243 e. The number of carbonyl (C=O) groups excluding carboxylic acids is 1. The summed E-state index contributed by atoms with van der Waals surface area (Å²) in [5.74, 6) is 1.28. The molecule has 0 atom stereocenters. The SMILES string of the molecule is CCOc1ccc(S(=O)(=O)N(CC)CC(=O)Nc2ccc(Cc3noc(C(C)C)n3)cc2)cc1Cl. The minimum Gasteiger partial charge on any atom is -0.492 e. The molecule has 1 amide bonds. The molecule has 0 unspecified atom stereocenters. The van der Waals surface area contributed by atoms with Gasteiger partial charge in [-0.1, -0.05) is 49.7 Å². The van der Waals surface area contributed by atoms with Gasteiger partial charge >= 0.3 is 0 Å². The fourth-order valence-corrected chi connectivity index (χ4v) is 4.99. The van der Waals surface area contributed by atoms with Crippen LogP contribution in [0.25, 0.3) is 0 Å². The molecule has 35 heavy (non-hydrogen) atoms. The lowest BCUT2D eigenvalue weighted by atomic mass is 10.1. The predicted molar refractivity (Wildman–Crippen MR) is 133 cm³/mol. The van der Waals surface area contributed by atoms with E-state index in [0.29, 0.717) is 36.2 Å². The van der Waals surface area contributed by atoms with Gasteiger partial charge in [0, 0.05) is 24.6 Å². The molecule has 3 aromatic rings. The highest BCUT2D eigenvalue weighted by molar-refractivity contribution is 7.89. The second kappa shape index (κ2) is 11.7. The minimum atomic E-state index is -3.93. The van der Waals surface area contributed by atoms with Crippen LogP contribution in [-0.4, -0.2) is 48.5 Å². The molecule has 1 aromatic heterocycles. The first kappa shape index (κ1) is 26.7. The molecule has 0 bridgehead atoms. The van der Waals surface area contributed by atoms with E-state index in [1.165, 1.54) is 18.2 Å². The van der Waals surface area contributed by atoms with Gasteiger partial charge in [0.05, 0.1) is 23.1 Å². The van der Waals surface area contributed by atoms with Crippen LogP contribution in [0.4, 0.5) is 5.69 Å². The first-order valence-electron chi connectivity index (χ1n) is 11.3. The van der Waals surface area contributed by atoms with Crippen molar-refractivity contribution >= 4 is 33.2 Å². The Morgan fingerprint density at radius 3 is 2.46 bits per heavy atom. The number of nitrogens with zero attached hydrogens (tertiary/aromatic N) is 3. The monoisotopic (exact) mass is 520 g/mol. The average molecular weight is 521 g/mol. The van der Waals surface area contributed by atoms with Crippen molar-refractivity contribution in [2.75, 3.05) is 25.0 Å². The van der Waals surface area contributed by atoms with Crippen LogP contribution in [0.15, 0.2) is 51.9 Å². The zero-order valence-corrected chi connectivity index (χ0v) is 21.7. The molecule has 9 nitrogen and oxygen atoms in total. The molecule has 0 fully saturated rings. The number of hydrogen-bond donors (Lipinski definition) is 1. The number of carbonyl (C=O) groups is 1. The number of rotatable bonds is 11. The van der Waals surface area contributed by atoms with Gasteiger partial charge in [0.1, 0.15) is 5.75 Å². The Hall–Kier alpha value is -2.95. The molecule has 11 heteroatoms. The third kappa shape index (κ3) is 6.81. The second-order valence-electron chi connectivity index (χ2n) is 8.08. The molecule has 1 heterocycles. The fourth-order valence-electron chi connectivity index (χ4n) is 3.25. The predicted octanol–water partition coefficient (Wildman–Crippen LogP) is 4.49. The lowest BCUT2D eigenvalue weighted by Crippen LogP contribution is -2.37. The summed E-state index contributed by atoms with van der Waals surface area (Å²) in [6.45, 7) is 7.61. The number of aromatic nitrogens is 2. The van der Waals surface area contributed by atoms with E-state index in [1.54, 1.807) is 19.1 Å². The first-order chi connectivity index (χ1) is 16.6. The Kier molecular flexibility index (Phi) is 8.87. The quantitative estimate of drug-likeness (QED) is 0.396. The number of anilines is 1. The Bertz CT molecular complexity index is 1260. The number of likely N-dealkylation sites (N-methyl/N-ethyl adjacent to an activating group) is 1. The van der Waals surface area contributed by atoms with Crippen molar-refractivity contribution in [1.82, 2.24) is 14.4 Å². The zero-order chi connectivity index (χ0) is 25.6. The first-order valence-corrected chi connectivity index (χ1v) is 13.1. The molecule has 0 spiro atoms. The topological polar surface area (TPSA) is 115 Å². The van der Waals surface area contributed by atoms with Crippen molar-refractivity contribution in [3.8, 4) is 5.75 Å². The van der Waals surface area contributed by atoms with Gasteiger partial charge in [0.15, 0.2) is 5.82 Å². The molecule has 0 aliphatic rings. The van der Waals surface area contributed by atoms with Gasteiger partial charge in [-0.05, 0) is 42.8 Å². The number of ether oxygens (including phenoxy) is 1. The lowest BCUT2D eigenvalue weighted by molar-refractivity contribution is -0.116. The summed E-state index contributed by atoms with van der Waals surface area (Å²) in [6, 6.07) is 11.4. The van der Waals surface area contributed by atoms with Crippen LogP contribution in [0.1, 0.15) is 50.9 Å². The van der Waals surface area contributed by atoms with Gasteiger partial charge in [0.2, 0.25) is 21.8 Å². The number of sulfonamides is 1. The van der Waals surface area contributed by atoms with E-state index in [1.807, 2.05) is 32.9 Å². The molecule has 0 aliphatic heterocycles. The smallest absolute Gasteiger partial charge is 0.243 e. The summed E-state index contributed by atoms with van der Waals surface area (Å²) in [7, 11) is -3.93. The van der Waals surface area contributed by atoms with E-state index in [9.17, 15) is 13.2 Å². The highest BCUT2D eigenvalue weighted by Crippen LogP contribution is 2.28. The van der Waals surface area contributed by atoms with Gasteiger partial charge in [-0.25, -0.2) is 8.42 Å². The molecule has 3 rings (SSSR count). The summed E-state index contributed by atoms with van der Waals surface area (Å²) in [5, 5.41) is 6.91. The number of benzene rings is 2. The maximum atomic E-state index is 13.1. The summed E-state index contributed by atoms with van der Waals surface area (Å²) in [4.78, 5) is 17.0. The highest BCUT2D eigenvalue weighted by Gasteiger charge is 2.26. The normalized spacial score (nSPS) is 11.7. The van der Waals surface area contributed by atoms with Gasteiger partial charge in [-0.3, -0.25) is 4.79 Å². The van der Waals surface area contributed by atoms with Crippen molar-refractivity contribution in [2.24, 2.45) is 0 Å². The van der Waals surface area contributed by atoms with Crippen molar-refractivity contribution in [3.63, 3.8) is 0 Å². The largest absolute Gasteiger partial charge is 0.492 e. The van der Waals surface area contributed by atoms with Crippen molar-refractivity contribution in [1.29, 1.82) is 0 Å². The lowest BCUT2D eigenvalue weighted by Gasteiger charge is -2.20. The van der Waals surface area contributed by atoms with Gasteiger partial charge < -0.3 is 14.6 Å². The molecule has 0 saturated carbocycles. The van der Waals surface area contributed by atoms with Gasteiger partial charge in [-0.2, -0.15) is 9.29 Å². The molecular weight excluding hydrogens is 492 g/mol. The van der Waals surface area contributed by atoms with Crippen LogP contribution in [0.5, 0.6) is 5.75 Å². The Labute approximate surface area is 210 Å². The molecule has 2 aromatic carbocycles. The van der Waals surface area contributed by atoms with Crippen LogP contribution in [0.2, 0.25) is 5.02 Å². The van der Waals surface area contributed by atoms with Crippen LogP contribution >= 0.6 is 11.6 Å². The van der Waals surface area contributed by atoms with Crippen molar-refractivity contribution in [2.45, 2.75) is 44.9 Å². The molecule has 0 aliphatic carbocycles. The van der Waals surface area contributed by atoms with Crippen LogP contribution in [-0.2, 0) is 21.2 Å². The summed E-state index contributed by atoms with van der Waals surface area (Å²) in [5.41, 5.74) is 1.50. The third-order valence-electron chi connectivity index (χ3n) is 5.09. The van der Waals surface area contributed by atoms with Gasteiger partial charge in [-0.15, -0.1) is 0 Å². The average Bonchev–Trinajstić information content (AvgIpc) is 3.29. The zero-order valence-electron chi connectivity index (χ0n) is 20.1. The van der Waals surface area contributed by atoms with Crippen LogP contribution < -0.4 is 10.1 Å². The molecular formula is C24H29ClN4O5S. The summed E-state index contributed by atoms with van der Waals surface area (Å²) in [6.07, 6.45) is 0.497. The van der Waals surface area contributed by atoms with E-state index >= 15 is 0 Å². The third-order valence-corrected chi connectivity index (χ3v) is 7.30. The Morgan fingerprint density at radius 1 is 1.17 bits per heavy atom. The second-order valence-corrected chi connectivity index (χ2v) is 10.4. The van der Waals surface area contributed by atoms with Crippen molar-refractivity contribution < 1.29 is 22.5 Å². The molecule has 188 valence electrons. The van der Waals surface area contributed by atoms with E-state index in [2.05, 4.69) is 15.5 Å². The minimum absolute atomic E-state index is 0.00736. The summed E-state index contributed by atoms with van der Waals surface area (Å²) >= 11 is 6.15. The van der Waals surface area contributed by atoms with Gasteiger partial charge in [0.25, 0.3) is 0 Å². The van der Waals surface area contributed by atoms with E-state index < -0.39 is 15.9 Å². The van der Waals surface area contributed by atoms with E-state index in [4.69, 9.17) is 20.9 Å². The molecule has 0 radical (unpaired) electrons. The maximum absolute atomic E-state index is 13.1. The van der Waals surface area contributed by atoms with Crippen LogP contribution in [0.3, 0.4) is 0 Å².